The van der Waals surface area contributed by atoms with Gasteiger partial charge < -0.3 is 0 Å². The minimum absolute atomic E-state index is 1.34. The van der Waals surface area contributed by atoms with Gasteiger partial charge in [-0.25, -0.2) is 0 Å². The monoisotopic (exact) mass is 424 g/mol. The van der Waals surface area contributed by atoms with Gasteiger partial charge in [0.05, 0.1) is 0 Å². The smallest absolute Gasteiger partial charge is 0.0000929 e. The van der Waals surface area contributed by atoms with Crippen LogP contribution in [0.3, 0.4) is 0 Å². The Hall–Kier alpha value is -4.42. The van der Waals surface area contributed by atoms with Crippen molar-refractivity contribution in [1.82, 2.24) is 0 Å². The van der Waals surface area contributed by atoms with Crippen LogP contribution < -0.4 is 0 Å². The second-order valence-electron chi connectivity index (χ2n) is 10.0. The molecular formula is C34H16. The first-order valence-electron chi connectivity index (χ1n) is 12.0. The van der Waals surface area contributed by atoms with E-state index in [1.807, 2.05) is 0 Å². The average Bonchev–Trinajstić information content (AvgIpc) is 2.90. The fourth-order valence-electron chi connectivity index (χ4n) is 7.37. The fourth-order valence-corrected chi connectivity index (χ4v) is 7.37. The fraction of sp³-hybridized carbons (Fsp3) is 0. The van der Waals surface area contributed by atoms with Gasteiger partial charge >= 0.3 is 0 Å². The molecule has 0 aliphatic heterocycles. The van der Waals surface area contributed by atoms with Crippen LogP contribution in [-0.4, -0.2) is 0 Å². The molecule has 10 rings (SSSR count). The third-order valence-corrected chi connectivity index (χ3v) is 8.61. The summed E-state index contributed by atoms with van der Waals surface area (Å²) in [5, 5.41) is 25.1. The second-order valence-corrected chi connectivity index (χ2v) is 10.0. The van der Waals surface area contributed by atoms with Crippen molar-refractivity contribution in [1.29, 1.82) is 0 Å². The van der Waals surface area contributed by atoms with E-state index in [4.69, 9.17) is 0 Å². The summed E-state index contributed by atoms with van der Waals surface area (Å²) in [5.41, 5.74) is 0. The van der Waals surface area contributed by atoms with Crippen LogP contribution in [-0.2, 0) is 0 Å². The van der Waals surface area contributed by atoms with Crippen LogP contribution in [0.15, 0.2) is 97.1 Å². The van der Waals surface area contributed by atoms with Gasteiger partial charge in [0.2, 0.25) is 0 Å². The lowest BCUT2D eigenvalue weighted by molar-refractivity contribution is 1.80. The van der Waals surface area contributed by atoms with Gasteiger partial charge in [0.25, 0.3) is 0 Å². The molecule has 0 heteroatoms. The van der Waals surface area contributed by atoms with Crippen molar-refractivity contribution in [3.8, 4) is 0 Å². The summed E-state index contributed by atoms with van der Waals surface area (Å²) >= 11 is 0. The molecule has 0 fully saturated rings. The first-order chi connectivity index (χ1) is 16.9. The Kier molecular flexibility index (Phi) is 2.41. The van der Waals surface area contributed by atoms with E-state index in [0.717, 1.165) is 0 Å². The molecule has 0 atom stereocenters. The van der Waals surface area contributed by atoms with E-state index < -0.39 is 0 Å². The van der Waals surface area contributed by atoms with Gasteiger partial charge in [-0.1, -0.05) is 91.0 Å². The van der Waals surface area contributed by atoms with Gasteiger partial charge in [-0.3, -0.25) is 0 Å². The molecule has 0 heterocycles. The summed E-state index contributed by atoms with van der Waals surface area (Å²) in [4.78, 5) is 0. The van der Waals surface area contributed by atoms with Gasteiger partial charge in [-0.15, -0.1) is 0 Å². The van der Waals surface area contributed by atoms with Gasteiger partial charge in [0.15, 0.2) is 0 Å². The number of hydrogen-bond acceptors (Lipinski definition) is 0. The van der Waals surface area contributed by atoms with Crippen molar-refractivity contribution in [3.63, 3.8) is 0 Å². The van der Waals surface area contributed by atoms with Crippen LogP contribution in [0.25, 0.3) is 97.0 Å². The number of hydrogen-bond donors (Lipinski definition) is 0. The molecule has 0 saturated heterocycles. The lowest BCUT2D eigenvalue weighted by atomic mass is 9.78. The second kappa shape index (κ2) is 5.05. The maximum atomic E-state index is 2.46. The first-order valence-corrected chi connectivity index (χ1v) is 12.0. The molecular weight excluding hydrogens is 408 g/mol. The summed E-state index contributed by atoms with van der Waals surface area (Å²) in [6.45, 7) is 0. The summed E-state index contributed by atoms with van der Waals surface area (Å²) in [7, 11) is 0. The zero-order chi connectivity index (χ0) is 21.7. The van der Waals surface area contributed by atoms with Crippen LogP contribution in [0.2, 0.25) is 0 Å². The maximum absolute atomic E-state index is 2.46. The first kappa shape index (κ1) is 16.2. The Bertz CT molecular complexity index is 2420. The zero-order valence-electron chi connectivity index (χ0n) is 18.2. The SMILES string of the molecule is c1ccc2c(c1)c1cccc3c4ccc5ccc6ccc7ccc8cc2c(c13)c1c8c7c6c5c41. The highest BCUT2D eigenvalue weighted by Gasteiger charge is 2.24. The lowest BCUT2D eigenvalue weighted by Gasteiger charge is -2.24. The molecule has 10 aromatic rings. The lowest BCUT2D eigenvalue weighted by Crippen LogP contribution is -1.95. The van der Waals surface area contributed by atoms with Crippen molar-refractivity contribution in [3.05, 3.63) is 97.1 Å². The van der Waals surface area contributed by atoms with Gasteiger partial charge in [-0.2, -0.15) is 0 Å². The molecule has 0 amide bonds. The van der Waals surface area contributed by atoms with Crippen molar-refractivity contribution in [2.75, 3.05) is 0 Å². The summed E-state index contributed by atoms with van der Waals surface area (Å²) < 4.78 is 0. The molecule has 0 nitrogen and oxygen atoms in total. The third-order valence-electron chi connectivity index (χ3n) is 8.61. The molecule has 0 aromatic heterocycles. The van der Waals surface area contributed by atoms with Crippen LogP contribution in [0.5, 0.6) is 0 Å². The Morgan fingerprint density at radius 2 is 0.676 bits per heavy atom. The molecule has 0 N–H and O–H groups in total. The van der Waals surface area contributed by atoms with Crippen LogP contribution in [0.1, 0.15) is 0 Å². The Balaban J connectivity index is 1.77. The number of fused-ring (bicyclic) bond motifs is 4. The van der Waals surface area contributed by atoms with Crippen LogP contribution in [0.4, 0.5) is 0 Å². The quantitative estimate of drug-likeness (QED) is 0.168. The summed E-state index contributed by atoms with van der Waals surface area (Å²) in [5.74, 6) is 0. The standard InChI is InChI=1S/C34H16/c1-2-5-22-21(4-1)23-6-3-7-24-25-15-14-19-11-10-17-8-9-18-12-13-20-16-26(22)33(31(23)24)34-30(20)28(18)27(17)29(19)32(25)34/h1-16H. The van der Waals surface area contributed by atoms with E-state index in [9.17, 15) is 0 Å². The molecule has 0 aliphatic rings. The highest BCUT2D eigenvalue weighted by atomic mass is 14.3. The normalized spacial score (nSPS) is 13.3. The van der Waals surface area contributed by atoms with Gasteiger partial charge in [-0.05, 0) is 103 Å². The molecule has 152 valence electrons. The van der Waals surface area contributed by atoms with E-state index in [1.165, 1.54) is 97.0 Å². The number of benzene rings is 10. The predicted octanol–water partition coefficient (Wildman–Crippen LogP) is 9.82. The number of rotatable bonds is 0. The van der Waals surface area contributed by atoms with Crippen molar-refractivity contribution in [2.24, 2.45) is 0 Å². The largest absolute Gasteiger partial charge is 0.0616 e. The minimum atomic E-state index is 1.34. The van der Waals surface area contributed by atoms with Gasteiger partial charge in [0.1, 0.15) is 0 Å². The van der Waals surface area contributed by atoms with Crippen LogP contribution >= 0.6 is 0 Å². The zero-order valence-corrected chi connectivity index (χ0v) is 18.2. The molecule has 34 heavy (non-hydrogen) atoms. The van der Waals surface area contributed by atoms with E-state index in [0.29, 0.717) is 0 Å². The Labute approximate surface area is 193 Å². The van der Waals surface area contributed by atoms with Crippen molar-refractivity contribution >= 4 is 97.0 Å². The summed E-state index contributed by atoms with van der Waals surface area (Å²) in [6, 6.07) is 36.9. The molecule has 0 saturated carbocycles. The van der Waals surface area contributed by atoms with E-state index in [1.54, 1.807) is 0 Å². The molecule has 10 aromatic carbocycles. The topological polar surface area (TPSA) is 0 Å². The predicted molar refractivity (Wildman–Crippen MR) is 149 cm³/mol. The van der Waals surface area contributed by atoms with Crippen LogP contribution in [0, 0.1) is 0 Å². The van der Waals surface area contributed by atoms with E-state index in [2.05, 4.69) is 97.1 Å². The van der Waals surface area contributed by atoms with Crippen molar-refractivity contribution < 1.29 is 0 Å². The van der Waals surface area contributed by atoms with E-state index in [-0.39, 0.29) is 0 Å². The molecule has 0 radical (unpaired) electrons. The average molecular weight is 425 g/mol. The maximum Gasteiger partial charge on any atom is -0.0000929 e. The molecule has 0 bridgehead atoms. The third kappa shape index (κ3) is 1.54. The Morgan fingerprint density at radius 1 is 0.235 bits per heavy atom. The molecule has 0 unspecified atom stereocenters. The minimum Gasteiger partial charge on any atom is -0.0616 e. The molecule has 0 spiro atoms. The van der Waals surface area contributed by atoms with Gasteiger partial charge in [0, 0.05) is 0 Å². The Morgan fingerprint density at radius 3 is 1.38 bits per heavy atom. The van der Waals surface area contributed by atoms with E-state index >= 15 is 0 Å². The van der Waals surface area contributed by atoms with Crippen molar-refractivity contribution in [2.45, 2.75) is 0 Å². The molecule has 0 aliphatic carbocycles. The highest BCUT2D eigenvalue weighted by Crippen LogP contribution is 2.53. The highest BCUT2D eigenvalue weighted by molar-refractivity contribution is 6.52. The summed E-state index contributed by atoms with van der Waals surface area (Å²) in [6.07, 6.45) is 0.